The Bertz CT molecular complexity index is 1100. The van der Waals surface area contributed by atoms with Gasteiger partial charge in [0.15, 0.2) is 0 Å². The minimum atomic E-state index is -0.344. The minimum absolute atomic E-state index is 0.194. The Kier molecular flexibility index (Phi) is 4.92. The van der Waals surface area contributed by atoms with Crippen molar-refractivity contribution in [1.82, 2.24) is 14.8 Å². The van der Waals surface area contributed by atoms with Crippen LogP contribution in [0, 0.1) is 11.3 Å². The number of nitrogens with one attached hydrogen (secondary N) is 1. The number of fused-ring (bicyclic) bond motifs is 1. The summed E-state index contributed by atoms with van der Waals surface area (Å²) in [4.78, 5) is 32.0. The number of aromatic amines is 1. The molecule has 1 aliphatic heterocycles. The predicted octanol–water partition coefficient (Wildman–Crippen LogP) is 2.36. The quantitative estimate of drug-likeness (QED) is 0.765. The summed E-state index contributed by atoms with van der Waals surface area (Å²) in [5.41, 5.74) is 2.38. The number of para-hydroxylation sites is 1. The van der Waals surface area contributed by atoms with Crippen molar-refractivity contribution in [1.29, 1.82) is 5.26 Å². The first-order chi connectivity index (χ1) is 13.6. The SMILES string of the molecule is N#Cc1ccc(CN2CCN(C(=O)c3cc4ccccc4[nH]c3=O)CC2)cc1. The van der Waals surface area contributed by atoms with E-state index in [1.54, 1.807) is 11.0 Å². The van der Waals surface area contributed by atoms with E-state index in [-0.39, 0.29) is 17.0 Å². The van der Waals surface area contributed by atoms with Gasteiger partial charge < -0.3 is 9.88 Å². The molecular weight excluding hydrogens is 352 g/mol. The zero-order chi connectivity index (χ0) is 19.5. The van der Waals surface area contributed by atoms with Crippen LogP contribution in [0.2, 0.25) is 0 Å². The maximum Gasteiger partial charge on any atom is 0.261 e. The van der Waals surface area contributed by atoms with Gasteiger partial charge in [-0.25, -0.2) is 0 Å². The number of carbonyl (C=O) groups excluding carboxylic acids is 1. The van der Waals surface area contributed by atoms with Crippen LogP contribution in [0.5, 0.6) is 0 Å². The smallest absolute Gasteiger partial charge is 0.261 e. The van der Waals surface area contributed by atoms with E-state index in [0.717, 1.165) is 36.1 Å². The molecule has 1 saturated heterocycles. The molecular formula is C22H20N4O2. The van der Waals surface area contributed by atoms with Crippen LogP contribution >= 0.6 is 0 Å². The van der Waals surface area contributed by atoms with E-state index >= 15 is 0 Å². The Hall–Kier alpha value is -3.43. The van der Waals surface area contributed by atoms with E-state index in [9.17, 15) is 9.59 Å². The number of rotatable bonds is 3. The molecule has 0 aliphatic carbocycles. The second-order valence-corrected chi connectivity index (χ2v) is 6.98. The van der Waals surface area contributed by atoms with Crippen molar-refractivity contribution in [2.45, 2.75) is 6.54 Å². The molecule has 6 nitrogen and oxygen atoms in total. The maximum atomic E-state index is 12.9. The number of amides is 1. The second-order valence-electron chi connectivity index (χ2n) is 6.98. The van der Waals surface area contributed by atoms with Crippen LogP contribution < -0.4 is 5.56 Å². The zero-order valence-corrected chi connectivity index (χ0v) is 15.4. The first-order valence-corrected chi connectivity index (χ1v) is 9.27. The van der Waals surface area contributed by atoms with Gasteiger partial charge in [0.25, 0.3) is 11.5 Å². The number of piperazine rings is 1. The Labute approximate surface area is 162 Å². The van der Waals surface area contributed by atoms with Gasteiger partial charge in [0.05, 0.1) is 11.6 Å². The summed E-state index contributed by atoms with van der Waals surface area (Å²) in [7, 11) is 0. The van der Waals surface area contributed by atoms with E-state index in [1.165, 1.54) is 0 Å². The van der Waals surface area contributed by atoms with Crippen molar-refractivity contribution in [3.63, 3.8) is 0 Å². The number of aromatic nitrogens is 1. The largest absolute Gasteiger partial charge is 0.336 e. The molecule has 2 aromatic carbocycles. The molecule has 6 heteroatoms. The van der Waals surface area contributed by atoms with E-state index in [1.807, 2.05) is 48.5 Å². The van der Waals surface area contributed by atoms with Crippen molar-refractivity contribution in [2.24, 2.45) is 0 Å². The average Bonchev–Trinajstić information content (AvgIpc) is 2.74. The van der Waals surface area contributed by atoms with Crippen molar-refractivity contribution in [2.75, 3.05) is 26.2 Å². The molecule has 3 aromatic rings. The van der Waals surface area contributed by atoms with Gasteiger partial charge in [0.1, 0.15) is 5.56 Å². The van der Waals surface area contributed by atoms with Gasteiger partial charge in [-0.15, -0.1) is 0 Å². The highest BCUT2D eigenvalue weighted by Gasteiger charge is 2.24. The average molecular weight is 372 g/mol. The molecule has 1 N–H and O–H groups in total. The van der Waals surface area contributed by atoms with Crippen LogP contribution in [0.4, 0.5) is 0 Å². The molecule has 0 spiro atoms. The second kappa shape index (κ2) is 7.67. The van der Waals surface area contributed by atoms with Gasteiger partial charge in [-0.2, -0.15) is 5.26 Å². The molecule has 1 amide bonds. The van der Waals surface area contributed by atoms with Gasteiger partial charge in [-0.1, -0.05) is 30.3 Å². The molecule has 0 atom stereocenters. The Morgan fingerprint density at radius 1 is 1.04 bits per heavy atom. The Balaban J connectivity index is 1.42. The molecule has 2 heterocycles. The summed E-state index contributed by atoms with van der Waals surface area (Å²) in [6, 6.07) is 18.8. The fourth-order valence-electron chi connectivity index (χ4n) is 3.53. The standard InChI is InChI=1S/C22H20N4O2/c23-14-16-5-7-17(8-6-16)15-25-9-11-26(12-10-25)22(28)19-13-18-3-1-2-4-20(18)24-21(19)27/h1-8,13H,9-12,15H2,(H,24,27). The topological polar surface area (TPSA) is 80.2 Å². The highest BCUT2D eigenvalue weighted by molar-refractivity contribution is 5.97. The van der Waals surface area contributed by atoms with Crippen LogP contribution in [-0.2, 0) is 6.54 Å². The summed E-state index contributed by atoms with van der Waals surface area (Å²) in [5, 5.41) is 9.73. The number of pyridine rings is 1. The molecule has 1 aliphatic rings. The summed E-state index contributed by atoms with van der Waals surface area (Å²) in [6.07, 6.45) is 0. The Morgan fingerprint density at radius 2 is 1.75 bits per heavy atom. The van der Waals surface area contributed by atoms with Crippen molar-refractivity contribution in [3.05, 3.63) is 81.6 Å². The normalized spacial score (nSPS) is 14.8. The molecule has 0 bridgehead atoms. The summed E-state index contributed by atoms with van der Waals surface area (Å²) >= 11 is 0. The summed E-state index contributed by atoms with van der Waals surface area (Å²) in [5.74, 6) is -0.218. The van der Waals surface area contributed by atoms with Gasteiger partial charge in [-0.05, 0) is 35.2 Å². The van der Waals surface area contributed by atoms with Crippen LogP contribution in [-0.4, -0.2) is 46.9 Å². The highest BCUT2D eigenvalue weighted by Crippen LogP contribution is 2.14. The fourth-order valence-corrected chi connectivity index (χ4v) is 3.53. The summed E-state index contributed by atoms with van der Waals surface area (Å²) < 4.78 is 0. The van der Waals surface area contributed by atoms with Gasteiger partial charge >= 0.3 is 0 Å². The van der Waals surface area contributed by atoms with Crippen LogP contribution in [0.3, 0.4) is 0 Å². The predicted molar refractivity (Wildman–Crippen MR) is 107 cm³/mol. The fraction of sp³-hybridized carbons (Fsp3) is 0.227. The molecule has 1 aromatic heterocycles. The lowest BCUT2D eigenvalue weighted by atomic mass is 10.1. The first kappa shape index (κ1) is 18.0. The number of nitrogens with zero attached hydrogens (tertiary/aromatic N) is 3. The van der Waals surface area contributed by atoms with Gasteiger partial charge in [-0.3, -0.25) is 14.5 Å². The van der Waals surface area contributed by atoms with Gasteiger partial charge in [0, 0.05) is 38.2 Å². The summed E-state index contributed by atoms with van der Waals surface area (Å²) in [6.45, 7) is 3.45. The monoisotopic (exact) mass is 372 g/mol. The third-order valence-electron chi connectivity index (χ3n) is 5.13. The number of benzene rings is 2. The number of carbonyl (C=O) groups is 1. The molecule has 140 valence electrons. The molecule has 1 fully saturated rings. The van der Waals surface area contributed by atoms with E-state index in [0.29, 0.717) is 18.7 Å². The van der Waals surface area contributed by atoms with Crippen LogP contribution in [0.15, 0.2) is 59.4 Å². The number of H-pyrrole nitrogens is 1. The number of hydrogen-bond donors (Lipinski definition) is 1. The first-order valence-electron chi connectivity index (χ1n) is 9.27. The lowest BCUT2D eigenvalue weighted by Crippen LogP contribution is -2.49. The molecule has 28 heavy (non-hydrogen) atoms. The van der Waals surface area contributed by atoms with Crippen molar-refractivity contribution in [3.8, 4) is 6.07 Å². The lowest BCUT2D eigenvalue weighted by molar-refractivity contribution is 0.0627. The zero-order valence-electron chi connectivity index (χ0n) is 15.4. The number of hydrogen-bond acceptors (Lipinski definition) is 4. The molecule has 0 unspecified atom stereocenters. The van der Waals surface area contributed by atoms with Crippen molar-refractivity contribution >= 4 is 16.8 Å². The van der Waals surface area contributed by atoms with Gasteiger partial charge in [0.2, 0.25) is 0 Å². The molecule has 0 radical (unpaired) electrons. The third kappa shape index (κ3) is 3.66. The van der Waals surface area contributed by atoms with E-state index in [4.69, 9.17) is 5.26 Å². The minimum Gasteiger partial charge on any atom is -0.336 e. The van der Waals surface area contributed by atoms with Crippen LogP contribution in [0.25, 0.3) is 10.9 Å². The van der Waals surface area contributed by atoms with Crippen molar-refractivity contribution < 1.29 is 4.79 Å². The maximum absolute atomic E-state index is 12.9. The van der Waals surface area contributed by atoms with E-state index < -0.39 is 0 Å². The molecule has 0 saturated carbocycles. The lowest BCUT2D eigenvalue weighted by Gasteiger charge is -2.34. The van der Waals surface area contributed by atoms with Crippen LogP contribution in [0.1, 0.15) is 21.5 Å². The highest BCUT2D eigenvalue weighted by atomic mass is 16.2. The Morgan fingerprint density at radius 3 is 2.46 bits per heavy atom. The third-order valence-corrected chi connectivity index (χ3v) is 5.13. The molecule has 4 rings (SSSR count). The number of nitriles is 1. The van der Waals surface area contributed by atoms with E-state index in [2.05, 4.69) is 16.0 Å².